The molecule has 2 heterocycles. The summed E-state index contributed by atoms with van der Waals surface area (Å²) < 4.78 is 57.9. The lowest BCUT2D eigenvalue weighted by atomic mass is 9.80. The Morgan fingerprint density at radius 1 is 0.947 bits per heavy atom. The zero-order valence-electron chi connectivity index (χ0n) is 33.7. The maximum absolute atomic E-state index is 17.2. The molecular weight excluding hydrogens is 750 g/mol. The third-order valence-corrected chi connectivity index (χ3v) is 11.4. The van der Waals surface area contributed by atoms with Gasteiger partial charge in [-0.15, -0.1) is 0 Å². The molecule has 0 radical (unpaired) electrons. The number of nitrogens with zero attached hydrogens (tertiary/aromatic N) is 6. The maximum atomic E-state index is 17.2. The molecule has 5 rings (SSSR count). The van der Waals surface area contributed by atoms with Gasteiger partial charge in [0, 0.05) is 32.4 Å². The molecule has 1 aliphatic rings. The van der Waals surface area contributed by atoms with Gasteiger partial charge in [-0.3, -0.25) is 4.57 Å². The minimum atomic E-state index is -1.92. The topological polar surface area (TPSA) is 133 Å². The molecule has 57 heavy (non-hydrogen) atoms. The number of aromatic nitrogens is 2. The van der Waals surface area contributed by atoms with E-state index in [4.69, 9.17) is 28.0 Å². The lowest BCUT2D eigenvalue weighted by Gasteiger charge is -2.39. The molecule has 5 atom stereocenters. The normalized spacial score (nSPS) is 19.0. The van der Waals surface area contributed by atoms with Crippen LogP contribution < -0.4 is 15.2 Å². The van der Waals surface area contributed by atoms with E-state index in [9.17, 15) is 10.1 Å². The summed E-state index contributed by atoms with van der Waals surface area (Å²) in [5.41, 5.74) is 0.338. The number of nitriles is 1. The number of halogens is 1. The van der Waals surface area contributed by atoms with E-state index < -0.39 is 44.4 Å². The van der Waals surface area contributed by atoms with Gasteiger partial charge < -0.3 is 32.9 Å². The Bertz CT molecular complexity index is 1940. The fourth-order valence-electron chi connectivity index (χ4n) is 6.70. The van der Waals surface area contributed by atoms with Crippen molar-refractivity contribution in [2.24, 2.45) is 4.99 Å². The van der Waals surface area contributed by atoms with Crippen LogP contribution in [0.4, 0.5) is 10.2 Å². The Morgan fingerprint density at radius 3 is 2.04 bits per heavy atom. The summed E-state index contributed by atoms with van der Waals surface area (Å²) in [6.45, 7) is 7.88. The minimum Gasteiger partial charge on any atom is -0.497 e. The van der Waals surface area contributed by atoms with Crippen molar-refractivity contribution in [3.63, 3.8) is 0 Å². The van der Waals surface area contributed by atoms with E-state index in [2.05, 4.69) is 16.0 Å². The molecule has 0 saturated carbocycles. The van der Waals surface area contributed by atoms with Gasteiger partial charge in [0.25, 0.3) is 8.53 Å². The first kappa shape index (κ1) is 43.4. The van der Waals surface area contributed by atoms with Crippen LogP contribution in [-0.2, 0) is 24.1 Å². The number of aliphatic imine (C=N–C) groups is 1. The Kier molecular flexibility index (Phi) is 15.3. The highest BCUT2D eigenvalue weighted by atomic mass is 31.2. The Balaban J connectivity index is 1.62. The van der Waals surface area contributed by atoms with Crippen LogP contribution >= 0.6 is 8.53 Å². The highest BCUT2D eigenvalue weighted by Gasteiger charge is 2.51. The van der Waals surface area contributed by atoms with Crippen molar-refractivity contribution >= 4 is 20.7 Å². The Labute approximate surface area is 335 Å². The predicted molar refractivity (Wildman–Crippen MR) is 217 cm³/mol. The summed E-state index contributed by atoms with van der Waals surface area (Å²) in [7, 11) is 4.87. The molecule has 0 N–H and O–H groups in total. The quantitative estimate of drug-likeness (QED) is 0.0309. The molecule has 13 nitrogen and oxygen atoms in total. The molecule has 1 saturated heterocycles. The molecule has 1 unspecified atom stereocenters. The molecular formula is C42H52FN6O7P. The van der Waals surface area contributed by atoms with Crippen LogP contribution in [0.2, 0.25) is 0 Å². The molecule has 0 amide bonds. The van der Waals surface area contributed by atoms with Gasteiger partial charge in [0.1, 0.15) is 29.3 Å². The number of benzene rings is 3. The number of alkyl halides is 1. The van der Waals surface area contributed by atoms with E-state index in [1.54, 1.807) is 33.2 Å². The molecule has 15 heteroatoms. The molecule has 3 aromatic carbocycles. The molecule has 0 bridgehead atoms. The largest absolute Gasteiger partial charge is 0.497 e. The number of rotatable bonds is 19. The van der Waals surface area contributed by atoms with E-state index >= 15 is 4.39 Å². The van der Waals surface area contributed by atoms with Gasteiger partial charge in [-0.05, 0) is 74.7 Å². The first-order chi connectivity index (χ1) is 27.4. The van der Waals surface area contributed by atoms with Crippen LogP contribution in [0.3, 0.4) is 0 Å². The van der Waals surface area contributed by atoms with Crippen molar-refractivity contribution in [3.8, 4) is 17.6 Å². The van der Waals surface area contributed by atoms with Crippen molar-refractivity contribution < 1.29 is 32.4 Å². The Hall–Kier alpha value is -4.74. The highest BCUT2D eigenvalue weighted by Crippen LogP contribution is 2.51. The second-order valence-electron chi connectivity index (χ2n) is 14.1. The van der Waals surface area contributed by atoms with E-state index in [0.717, 1.165) is 21.3 Å². The lowest BCUT2D eigenvalue weighted by molar-refractivity contribution is -0.0934. The average molecular weight is 803 g/mol. The van der Waals surface area contributed by atoms with Gasteiger partial charge in [0.15, 0.2) is 18.2 Å². The van der Waals surface area contributed by atoms with E-state index in [0.29, 0.717) is 11.5 Å². The van der Waals surface area contributed by atoms with Crippen molar-refractivity contribution in [2.75, 3.05) is 41.5 Å². The fourth-order valence-corrected chi connectivity index (χ4v) is 8.47. The summed E-state index contributed by atoms with van der Waals surface area (Å²) in [6.07, 6.45) is -2.58. The molecule has 304 valence electrons. The van der Waals surface area contributed by atoms with Crippen molar-refractivity contribution in [2.45, 2.75) is 76.4 Å². The SMILES string of the molecule is COc1ccc(C(OC[C@H]2O[C@@H](n3ccc(N=CN(C)C)nc3=O)[C@H](F)[C@@H]2OP(OCCC#N)N(C(C)C)C(C)C)(c2ccccc2)c2ccc(OC)cc2)cc1. The molecule has 0 spiro atoms. The highest BCUT2D eigenvalue weighted by molar-refractivity contribution is 7.44. The minimum absolute atomic E-state index is 0.0537. The number of ether oxygens (including phenoxy) is 4. The second-order valence-corrected chi connectivity index (χ2v) is 15.5. The van der Waals surface area contributed by atoms with Gasteiger partial charge in [-0.2, -0.15) is 10.2 Å². The van der Waals surface area contributed by atoms with Crippen molar-refractivity contribution in [3.05, 3.63) is 118 Å². The first-order valence-corrected chi connectivity index (χ1v) is 19.9. The molecule has 0 aliphatic carbocycles. The number of hydrogen-bond acceptors (Lipinski definition) is 11. The van der Waals surface area contributed by atoms with Crippen LogP contribution in [0.25, 0.3) is 0 Å². The number of hydrogen-bond donors (Lipinski definition) is 0. The van der Waals surface area contributed by atoms with Crippen LogP contribution in [0.5, 0.6) is 11.5 Å². The van der Waals surface area contributed by atoms with E-state index in [1.165, 1.54) is 18.6 Å². The maximum Gasteiger partial charge on any atom is 0.351 e. The summed E-state index contributed by atoms with van der Waals surface area (Å²) in [5.74, 6) is 1.48. The van der Waals surface area contributed by atoms with Crippen molar-refractivity contribution in [1.82, 2.24) is 19.1 Å². The average Bonchev–Trinajstić information content (AvgIpc) is 3.51. The summed E-state index contributed by atoms with van der Waals surface area (Å²) >= 11 is 0. The fraction of sp³-hybridized carbons (Fsp3) is 0.429. The van der Waals surface area contributed by atoms with Gasteiger partial charge >= 0.3 is 5.69 Å². The zero-order chi connectivity index (χ0) is 41.1. The van der Waals surface area contributed by atoms with Gasteiger partial charge in [0.2, 0.25) is 0 Å². The summed E-state index contributed by atoms with van der Waals surface area (Å²) in [4.78, 5) is 23.5. The summed E-state index contributed by atoms with van der Waals surface area (Å²) in [6, 6.07) is 28.4. The van der Waals surface area contributed by atoms with E-state index in [1.807, 2.05) is 111 Å². The smallest absolute Gasteiger partial charge is 0.351 e. The second kappa shape index (κ2) is 20.1. The number of methoxy groups -OCH3 is 2. The van der Waals surface area contributed by atoms with Crippen LogP contribution in [0.1, 0.15) is 57.0 Å². The van der Waals surface area contributed by atoms with Crippen molar-refractivity contribution in [1.29, 1.82) is 5.26 Å². The standard InChI is InChI=1S/C42H52FN6O7P/c1-29(2)49(30(3)4)57(54-26-12-24-44)56-39-36(55-40(38(39)43)48-25-23-37(46-41(48)50)45-28-47(5)6)27-53-42(31-13-10-9-11-14-31,32-15-19-34(51-7)20-16-32)33-17-21-35(52-8)22-18-33/h9-11,13-23,25,28-30,36,38-40H,12,26-27H2,1-8H3/t36-,38-,39-,40-,57?/m1/s1. The first-order valence-electron chi connectivity index (χ1n) is 18.8. The van der Waals surface area contributed by atoms with Crippen LogP contribution in [0, 0.1) is 11.3 Å². The summed E-state index contributed by atoms with van der Waals surface area (Å²) in [5, 5.41) is 9.32. The molecule has 1 aliphatic heterocycles. The third-order valence-electron chi connectivity index (χ3n) is 9.29. The van der Waals surface area contributed by atoms with E-state index in [-0.39, 0.29) is 37.5 Å². The lowest BCUT2D eigenvalue weighted by Crippen LogP contribution is -2.41. The molecule has 1 aromatic heterocycles. The van der Waals surface area contributed by atoms with Gasteiger partial charge in [-0.25, -0.2) is 18.8 Å². The predicted octanol–water partition coefficient (Wildman–Crippen LogP) is 7.39. The zero-order valence-corrected chi connectivity index (χ0v) is 34.6. The molecule has 4 aromatic rings. The van der Waals surface area contributed by atoms with Gasteiger partial charge in [-0.1, -0.05) is 54.6 Å². The molecule has 1 fully saturated rings. The Morgan fingerprint density at radius 2 is 1.53 bits per heavy atom. The van der Waals surface area contributed by atoms with Crippen LogP contribution in [-0.4, -0.2) is 97.5 Å². The van der Waals surface area contributed by atoms with Gasteiger partial charge in [0.05, 0.1) is 46.3 Å². The van der Waals surface area contributed by atoms with Crippen LogP contribution in [0.15, 0.2) is 101 Å². The third kappa shape index (κ3) is 10.2. The monoisotopic (exact) mass is 802 g/mol.